The zero-order valence-corrected chi connectivity index (χ0v) is 16.5. The molecule has 0 radical (unpaired) electrons. The van der Waals surface area contributed by atoms with Crippen molar-refractivity contribution in [3.05, 3.63) is 61.9 Å². The summed E-state index contributed by atoms with van der Waals surface area (Å²) in [6, 6.07) is 7.55. The van der Waals surface area contributed by atoms with E-state index >= 15 is 0 Å². The fourth-order valence-electron chi connectivity index (χ4n) is 4.24. The first-order valence-electron chi connectivity index (χ1n) is 9.62. The molecule has 5 nitrogen and oxygen atoms in total. The molecule has 0 spiro atoms. The van der Waals surface area contributed by atoms with E-state index in [2.05, 4.69) is 21.9 Å². The van der Waals surface area contributed by atoms with Gasteiger partial charge in [0.25, 0.3) is 5.56 Å². The largest absolute Gasteiger partial charge is 0.412 e. The standard InChI is InChI=1S/C21H27N3O2S/c1-26-24-20(25)18-7-2-3-8-19(18)23-21(24)27-10-9-17(14-27)12-15-5-4-6-16(11-15)13-22/h2-3,7-10,14-16,23H,4-6,11-13,22H2,1H3. The predicted molar refractivity (Wildman–Crippen MR) is 112 cm³/mol. The van der Waals surface area contributed by atoms with Crippen molar-refractivity contribution in [2.75, 3.05) is 13.7 Å². The molecule has 27 heavy (non-hydrogen) atoms. The first-order chi connectivity index (χ1) is 13.2. The highest BCUT2D eigenvalue weighted by Crippen LogP contribution is 2.37. The summed E-state index contributed by atoms with van der Waals surface area (Å²) in [6.07, 6.45) is 8.40. The number of nitrogens with zero attached hydrogens (tertiary/aromatic N) is 1. The van der Waals surface area contributed by atoms with E-state index in [1.807, 2.05) is 24.3 Å². The fourth-order valence-corrected chi connectivity index (χ4v) is 5.96. The fraction of sp³-hybridized carbons (Fsp3) is 0.429. The van der Waals surface area contributed by atoms with Crippen molar-refractivity contribution in [2.45, 2.75) is 32.1 Å². The number of hydrogen-bond acceptors (Lipinski definition) is 3. The summed E-state index contributed by atoms with van der Waals surface area (Å²) in [5.74, 6) is 1.40. The van der Waals surface area contributed by atoms with Crippen molar-refractivity contribution < 1.29 is 4.84 Å². The van der Waals surface area contributed by atoms with Crippen molar-refractivity contribution >= 4 is 21.4 Å². The predicted octanol–water partition coefficient (Wildman–Crippen LogP) is 3.76. The lowest BCUT2D eigenvalue weighted by Crippen LogP contribution is -2.26. The maximum absolute atomic E-state index is 12.8. The first kappa shape index (κ1) is 18.3. The number of nitrogens with two attached hydrogens (primary N) is 1. The maximum atomic E-state index is 12.8. The van der Waals surface area contributed by atoms with Gasteiger partial charge in [0, 0.05) is 0 Å². The monoisotopic (exact) mass is 385 g/mol. The molecular weight excluding hydrogens is 358 g/mol. The van der Waals surface area contributed by atoms with Gasteiger partial charge >= 0.3 is 0 Å². The lowest BCUT2D eigenvalue weighted by molar-refractivity contribution is 0.151. The van der Waals surface area contributed by atoms with Gasteiger partial charge in [-0.15, -0.1) is 4.73 Å². The Bertz CT molecular complexity index is 1030. The van der Waals surface area contributed by atoms with Crippen molar-refractivity contribution in [1.82, 2.24) is 9.71 Å². The van der Waals surface area contributed by atoms with Crippen LogP contribution in [0.2, 0.25) is 0 Å². The molecule has 2 aromatic rings. The van der Waals surface area contributed by atoms with Gasteiger partial charge in [-0.2, -0.15) is 0 Å². The summed E-state index contributed by atoms with van der Waals surface area (Å²) in [7, 11) is 1.24. The van der Waals surface area contributed by atoms with Crippen LogP contribution in [0.25, 0.3) is 10.9 Å². The number of para-hydroxylation sites is 1. The second-order valence-electron chi connectivity index (χ2n) is 7.46. The molecule has 1 aromatic carbocycles. The zero-order chi connectivity index (χ0) is 18.8. The van der Waals surface area contributed by atoms with Crippen LogP contribution < -0.4 is 16.1 Å². The smallest absolute Gasteiger partial charge is 0.294 e. The minimum Gasteiger partial charge on any atom is -0.412 e. The Morgan fingerprint density at radius 3 is 2.93 bits per heavy atom. The van der Waals surface area contributed by atoms with E-state index < -0.39 is 0 Å². The SMILES string of the molecule is COn1c(=S2C=CC(CC3CCCC(CN)C3)=C2)[nH]c2ccccc2c1=O. The van der Waals surface area contributed by atoms with Crippen LogP contribution in [0.3, 0.4) is 0 Å². The highest BCUT2D eigenvalue weighted by molar-refractivity contribution is 8.14. The molecule has 3 N–H and O–H groups in total. The van der Waals surface area contributed by atoms with E-state index in [4.69, 9.17) is 10.6 Å². The highest BCUT2D eigenvalue weighted by atomic mass is 32.2. The van der Waals surface area contributed by atoms with Gasteiger partial charge in [0.2, 0.25) is 0 Å². The molecule has 0 bridgehead atoms. The summed E-state index contributed by atoms with van der Waals surface area (Å²) in [6.45, 7) is 0.807. The van der Waals surface area contributed by atoms with Gasteiger partial charge in [-0.25, -0.2) is 0 Å². The van der Waals surface area contributed by atoms with Gasteiger partial charge in [-0.05, 0) is 66.2 Å². The first-order valence-corrected chi connectivity index (χ1v) is 11.0. The lowest BCUT2D eigenvalue weighted by atomic mass is 9.79. The Kier molecular flexibility index (Phi) is 5.36. The van der Waals surface area contributed by atoms with Crippen LogP contribution in [0, 0.1) is 16.6 Å². The average Bonchev–Trinajstić information content (AvgIpc) is 3.16. The summed E-state index contributed by atoms with van der Waals surface area (Å²) < 4.78 is 2.18. The molecule has 2 aliphatic rings. The number of allylic oxidation sites excluding steroid dienone is 2. The number of aromatic nitrogens is 2. The maximum Gasteiger partial charge on any atom is 0.294 e. The number of fused-ring (bicyclic) bond motifs is 1. The summed E-state index contributed by atoms with van der Waals surface area (Å²) >= 11 is 0. The Morgan fingerprint density at radius 2 is 2.11 bits per heavy atom. The third-order valence-electron chi connectivity index (χ3n) is 5.63. The second kappa shape index (κ2) is 7.90. The minimum atomic E-state index is -0.298. The van der Waals surface area contributed by atoms with E-state index in [1.165, 1.54) is 43.1 Å². The molecule has 3 unspecified atom stereocenters. The van der Waals surface area contributed by atoms with Gasteiger partial charge < -0.3 is 15.6 Å². The topological polar surface area (TPSA) is 73.0 Å². The van der Waals surface area contributed by atoms with Crippen LogP contribution in [0.5, 0.6) is 0 Å². The Hall–Kier alpha value is -2.05. The Labute approximate surface area is 161 Å². The molecule has 1 saturated carbocycles. The Morgan fingerprint density at radius 1 is 1.30 bits per heavy atom. The van der Waals surface area contributed by atoms with Crippen LogP contribution in [0.1, 0.15) is 32.1 Å². The molecule has 1 aromatic heterocycles. The number of H-pyrrole nitrogens is 1. The molecule has 0 amide bonds. The van der Waals surface area contributed by atoms with Gasteiger partial charge in [-0.1, -0.05) is 41.5 Å². The molecule has 3 atom stereocenters. The summed E-state index contributed by atoms with van der Waals surface area (Å²) in [4.78, 5) is 21.6. The van der Waals surface area contributed by atoms with E-state index in [-0.39, 0.29) is 16.0 Å². The van der Waals surface area contributed by atoms with Gasteiger partial charge in [0.15, 0.2) is 4.77 Å². The van der Waals surface area contributed by atoms with E-state index in [0.29, 0.717) is 11.3 Å². The van der Waals surface area contributed by atoms with Crippen LogP contribution >= 0.6 is 10.5 Å². The van der Waals surface area contributed by atoms with Crippen LogP contribution in [-0.2, 0) is 0 Å². The summed E-state index contributed by atoms with van der Waals surface area (Å²) in [5.41, 5.74) is 7.96. The molecule has 1 fully saturated rings. The average molecular weight is 386 g/mol. The van der Waals surface area contributed by atoms with E-state index in [9.17, 15) is 4.79 Å². The van der Waals surface area contributed by atoms with Crippen molar-refractivity contribution in [2.24, 2.45) is 17.6 Å². The number of nitrogens with one attached hydrogen (secondary N) is 1. The van der Waals surface area contributed by atoms with Gasteiger partial charge in [-0.3, -0.25) is 4.79 Å². The third-order valence-corrected chi connectivity index (χ3v) is 7.33. The molecule has 4 rings (SSSR count). The molecule has 6 heteroatoms. The third kappa shape index (κ3) is 3.69. The molecule has 1 aliphatic carbocycles. The second-order valence-corrected chi connectivity index (χ2v) is 9.10. The highest BCUT2D eigenvalue weighted by Gasteiger charge is 2.22. The number of hydrogen-bond donors (Lipinski definition) is 2. The number of aromatic amines is 1. The van der Waals surface area contributed by atoms with Crippen LogP contribution in [-0.4, -0.2) is 23.4 Å². The summed E-state index contributed by atoms with van der Waals surface area (Å²) in [5, 5.41) is 5.09. The van der Waals surface area contributed by atoms with Crippen LogP contribution in [0.15, 0.2) is 51.5 Å². The normalized spacial score (nSPS) is 25.6. The molecule has 144 valence electrons. The van der Waals surface area contributed by atoms with Crippen molar-refractivity contribution in [3.63, 3.8) is 0 Å². The van der Waals surface area contributed by atoms with Gasteiger partial charge in [0.1, 0.15) is 7.11 Å². The molecule has 2 heterocycles. The minimum absolute atomic E-state index is 0.123. The quantitative estimate of drug-likeness (QED) is 0.787. The van der Waals surface area contributed by atoms with E-state index in [0.717, 1.165) is 29.2 Å². The lowest BCUT2D eigenvalue weighted by Gasteiger charge is -2.28. The zero-order valence-electron chi connectivity index (χ0n) is 15.7. The molecule has 1 aliphatic heterocycles. The number of benzene rings is 1. The van der Waals surface area contributed by atoms with Crippen molar-refractivity contribution in [1.29, 1.82) is 0 Å². The van der Waals surface area contributed by atoms with E-state index in [1.54, 1.807) is 0 Å². The van der Waals surface area contributed by atoms with Crippen molar-refractivity contribution in [3.8, 4) is 0 Å². The van der Waals surface area contributed by atoms with Gasteiger partial charge in [0.05, 0.1) is 10.9 Å². The van der Waals surface area contributed by atoms with Crippen LogP contribution in [0.4, 0.5) is 0 Å². The molecular formula is C21H27N3O2S. The Balaban J connectivity index is 1.70. The number of rotatable bonds is 4. The molecule has 0 saturated heterocycles.